The van der Waals surface area contributed by atoms with E-state index in [0.717, 1.165) is 16.8 Å². The second-order valence-electron chi connectivity index (χ2n) is 8.29. The molecule has 176 valence electrons. The molecule has 0 aliphatic carbocycles. The smallest absolute Gasteiger partial charge is 0.414 e. The van der Waals surface area contributed by atoms with Crippen molar-refractivity contribution in [2.75, 3.05) is 23.5 Å². The van der Waals surface area contributed by atoms with Crippen LogP contribution in [0.5, 0.6) is 0 Å². The van der Waals surface area contributed by atoms with Crippen LogP contribution in [0.3, 0.4) is 0 Å². The Balaban J connectivity index is 1.94. The van der Waals surface area contributed by atoms with Crippen molar-refractivity contribution in [3.8, 4) is 11.1 Å². The highest BCUT2D eigenvalue weighted by molar-refractivity contribution is 6.01. The highest BCUT2D eigenvalue weighted by Crippen LogP contribution is 2.39. The lowest BCUT2D eigenvalue weighted by Gasteiger charge is -2.40. The molecule has 0 spiro atoms. The van der Waals surface area contributed by atoms with Crippen molar-refractivity contribution in [1.29, 1.82) is 0 Å². The summed E-state index contributed by atoms with van der Waals surface area (Å²) in [6, 6.07) is 9.08. The molecule has 1 aromatic heterocycles. The van der Waals surface area contributed by atoms with E-state index in [1.54, 1.807) is 35.9 Å². The number of methoxy groups -OCH3 is 1. The number of aryl methyl sites for hydroxylation is 1. The van der Waals surface area contributed by atoms with Crippen molar-refractivity contribution < 1.29 is 23.9 Å². The van der Waals surface area contributed by atoms with E-state index in [2.05, 4.69) is 4.98 Å². The molecule has 0 bridgehead atoms. The van der Waals surface area contributed by atoms with Gasteiger partial charge in [-0.2, -0.15) is 0 Å². The Morgan fingerprint density at radius 3 is 2.45 bits per heavy atom. The van der Waals surface area contributed by atoms with Gasteiger partial charge in [0, 0.05) is 23.9 Å². The molecule has 0 fully saturated rings. The molecular formula is C24H30N4O5. The molecule has 1 aromatic carbocycles. The molecule has 0 radical (unpaired) electrons. The van der Waals surface area contributed by atoms with Crippen LogP contribution in [0, 0.1) is 0 Å². The van der Waals surface area contributed by atoms with Crippen LogP contribution in [-0.2, 0) is 20.7 Å². The highest BCUT2D eigenvalue weighted by Gasteiger charge is 2.36. The van der Waals surface area contributed by atoms with Crippen LogP contribution in [0.2, 0.25) is 0 Å². The Hall–Kier alpha value is -3.62. The largest absolute Gasteiger partial charge is 0.452 e. The Bertz CT molecular complexity index is 1020. The third-order valence-corrected chi connectivity index (χ3v) is 5.36. The average molecular weight is 455 g/mol. The van der Waals surface area contributed by atoms with Crippen LogP contribution in [0.25, 0.3) is 11.1 Å². The molecular weight excluding hydrogens is 424 g/mol. The molecule has 3 rings (SSSR count). The van der Waals surface area contributed by atoms with Crippen LogP contribution in [0.1, 0.15) is 39.3 Å². The molecule has 0 unspecified atom stereocenters. The van der Waals surface area contributed by atoms with Crippen molar-refractivity contribution in [2.45, 2.75) is 52.2 Å². The number of amides is 3. The lowest BCUT2D eigenvalue weighted by molar-refractivity contribution is -0.118. The van der Waals surface area contributed by atoms with Gasteiger partial charge in [-0.05, 0) is 57.4 Å². The molecule has 1 atom stereocenters. The number of rotatable bonds is 6. The van der Waals surface area contributed by atoms with Gasteiger partial charge in [0.25, 0.3) is 0 Å². The fourth-order valence-electron chi connectivity index (χ4n) is 3.81. The third kappa shape index (κ3) is 5.60. The minimum Gasteiger partial charge on any atom is -0.452 e. The number of benzene rings is 1. The summed E-state index contributed by atoms with van der Waals surface area (Å²) in [6.45, 7) is 5.71. The first-order valence-electron chi connectivity index (χ1n) is 10.9. The number of nitrogens with zero attached hydrogens (tertiary/aromatic N) is 3. The van der Waals surface area contributed by atoms with Crippen LogP contribution >= 0.6 is 0 Å². The SMILES string of the molecule is COC(=O)N1c2ccc(-c3ccc(CCCC(N)=O)nc3)cc2N(C(=O)OC(C)C)C[C@@H]1C. The molecule has 3 amide bonds. The number of carbonyl (C=O) groups is 3. The maximum atomic E-state index is 12.8. The Morgan fingerprint density at radius 1 is 1.12 bits per heavy atom. The lowest BCUT2D eigenvalue weighted by atomic mass is 10.0. The van der Waals surface area contributed by atoms with Crippen molar-refractivity contribution >= 4 is 29.5 Å². The van der Waals surface area contributed by atoms with Gasteiger partial charge in [-0.15, -0.1) is 0 Å². The highest BCUT2D eigenvalue weighted by atomic mass is 16.6. The number of primary amides is 1. The summed E-state index contributed by atoms with van der Waals surface area (Å²) in [5, 5.41) is 0. The van der Waals surface area contributed by atoms with Crippen molar-refractivity contribution in [1.82, 2.24) is 4.98 Å². The van der Waals surface area contributed by atoms with Gasteiger partial charge < -0.3 is 15.2 Å². The van der Waals surface area contributed by atoms with Gasteiger partial charge in [-0.3, -0.25) is 19.6 Å². The predicted octanol–water partition coefficient (Wildman–Crippen LogP) is 3.88. The number of hydrogen-bond acceptors (Lipinski definition) is 6. The number of pyridine rings is 1. The van der Waals surface area contributed by atoms with Crippen molar-refractivity contribution in [3.05, 3.63) is 42.2 Å². The zero-order valence-electron chi connectivity index (χ0n) is 19.4. The number of hydrogen-bond donors (Lipinski definition) is 1. The topological polar surface area (TPSA) is 115 Å². The zero-order chi connectivity index (χ0) is 24.1. The van der Waals surface area contributed by atoms with Crippen molar-refractivity contribution in [2.24, 2.45) is 5.73 Å². The first-order valence-corrected chi connectivity index (χ1v) is 10.9. The van der Waals surface area contributed by atoms with E-state index in [9.17, 15) is 14.4 Å². The standard InChI is InChI=1S/C24H30N4O5/c1-15(2)33-23(30)27-14-16(3)28(24(31)32-4)20-11-9-17(12-21(20)27)18-8-10-19(26-13-18)6-5-7-22(25)29/h8-13,15-16H,5-7,14H2,1-4H3,(H2,25,29)/t16-/m0/s1. The van der Waals surface area contributed by atoms with E-state index in [-0.39, 0.29) is 24.6 Å². The van der Waals surface area contributed by atoms with Gasteiger partial charge in [0.1, 0.15) is 0 Å². The lowest BCUT2D eigenvalue weighted by Crippen LogP contribution is -2.52. The van der Waals surface area contributed by atoms with Gasteiger partial charge in [-0.25, -0.2) is 9.59 Å². The summed E-state index contributed by atoms with van der Waals surface area (Å²) >= 11 is 0. The summed E-state index contributed by atoms with van der Waals surface area (Å²) in [7, 11) is 1.33. The first kappa shape index (κ1) is 24.0. The molecule has 9 heteroatoms. The van der Waals surface area contributed by atoms with Crippen LogP contribution in [-0.4, -0.2) is 48.9 Å². The average Bonchev–Trinajstić information content (AvgIpc) is 2.77. The summed E-state index contributed by atoms with van der Waals surface area (Å²) in [5.74, 6) is -0.323. The number of anilines is 2. The fraction of sp³-hybridized carbons (Fsp3) is 0.417. The molecule has 9 nitrogen and oxygen atoms in total. The van der Waals surface area contributed by atoms with E-state index in [0.29, 0.717) is 30.6 Å². The monoisotopic (exact) mass is 454 g/mol. The fourth-order valence-corrected chi connectivity index (χ4v) is 3.81. The van der Waals surface area contributed by atoms with Gasteiger partial charge in [-0.1, -0.05) is 12.1 Å². The van der Waals surface area contributed by atoms with E-state index >= 15 is 0 Å². The summed E-state index contributed by atoms with van der Waals surface area (Å²) in [4.78, 5) is 43.8. The summed E-state index contributed by atoms with van der Waals surface area (Å²) in [6.07, 6.45) is 2.15. The predicted molar refractivity (Wildman–Crippen MR) is 125 cm³/mol. The van der Waals surface area contributed by atoms with E-state index in [1.807, 2.05) is 31.2 Å². The Labute approximate surface area is 193 Å². The molecule has 2 heterocycles. The molecule has 2 N–H and O–H groups in total. The maximum absolute atomic E-state index is 12.8. The van der Waals surface area contributed by atoms with Crippen LogP contribution in [0.15, 0.2) is 36.5 Å². The summed E-state index contributed by atoms with van der Waals surface area (Å²) in [5.41, 5.74) is 8.89. The quantitative estimate of drug-likeness (QED) is 0.708. The first-order chi connectivity index (χ1) is 15.7. The molecule has 0 saturated heterocycles. The van der Waals surface area contributed by atoms with Crippen LogP contribution < -0.4 is 15.5 Å². The third-order valence-electron chi connectivity index (χ3n) is 5.36. The normalized spacial score (nSPS) is 15.2. The maximum Gasteiger partial charge on any atom is 0.414 e. The van der Waals surface area contributed by atoms with Crippen molar-refractivity contribution in [3.63, 3.8) is 0 Å². The zero-order valence-corrected chi connectivity index (χ0v) is 19.4. The van der Waals surface area contributed by atoms with E-state index in [1.165, 1.54) is 7.11 Å². The van der Waals surface area contributed by atoms with Gasteiger partial charge in [0.15, 0.2) is 0 Å². The molecule has 33 heavy (non-hydrogen) atoms. The molecule has 0 saturated carbocycles. The van der Waals surface area contributed by atoms with E-state index < -0.39 is 12.2 Å². The van der Waals surface area contributed by atoms with Gasteiger partial charge in [0.2, 0.25) is 5.91 Å². The Kier molecular flexibility index (Phi) is 7.52. The molecule has 1 aliphatic rings. The van der Waals surface area contributed by atoms with E-state index in [4.69, 9.17) is 15.2 Å². The Morgan fingerprint density at radius 2 is 1.85 bits per heavy atom. The minimum absolute atomic E-state index is 0.272. The molecule has 1 aliphatic heterocycles. The minimum atomic E-state index is -0.490. The number of nitrogens with two attached hydrogens (primary N) is 1. The van der Waals surface area contributed by atoms with Gasteiger partial charge >= 0.3 is 12.2 Å². The number of ether oxygens (including phenoxy) is 2. The second-order valence-corrected chi connectivity index (χ2v) is 8.29. The molecule has 2 aromatic rings. The second kappa shape index (κ2) is 10.3. The number of aromatic nitrogens is 1. The van der Waals surface area contributed by atoms with Gasteiger partial charge in [0.05, 0.1) is 37.2 Å². The summed E-state index contributed by atoms with van der Waals surface area (Å²) < 4.78 is 10.4. The number of fused-ring (bicyclic) bond motifs is 1. The van der Waals surface area contributed by atoms with Crippen LogP contribution in [0.4, 0.5) is 21.0 Å². The number of carbonyl (C=O) groups excluding carboxylic acids is 3.